The number of ether oxygens (including phenoxy) is 1. The fourth-order valence-electron chi connectivity index (χ4n) is 5.68. The highest BCUT2D eigenvalue weighted by atomic mass is 16.5. The molecular weight excluding hydrogens is 490 g/mol. The maximum Gasteiger partial charge on any atom is 0.155 e. The van der Waals surface area contributed by atoms with Crippen molar-refractivity contribution in [3.63, 3.8) is 0 Å². The predicted molar refractivity (Wildman–Crippen MR) is 153 cm³/mol. The number of likely N-dealkylation sites (N-methyl/N-ethyl adjacent to an activating group) is 1. The molecule has 39 heavy (non-hydrogen) atoms. The summed E-state index contributed by atoms with van der Waals surface area (Å²) in [6.07, 6.45) is 9.94. The largest absolute Gasteiger partial charge is 0.491 e. The lowest BCUT2D eigenvalue weighted by atomic mass is 10.1. The second-order valence-corrected chi connectivity index (χ2v) is 10.6. The van der Waals surface area contributed by atoms with Crippen LogP contribution in [0.4, 0.5) is 5.69 Å². The number of hydrogen-bond donors (Lipinski definition) is 2. The van der Waals surface area contributed by atoms with Crippen LogP contribution < -0.4 is 9.64 Å². The number of piperazine rings is 1. The maximum atomic E-state index is 6.03. The molecule has 7 rings (SSSR count). The van der Waals surface area contributed by atoms with Gasteiger partial charge in [-0.05, 0) is 57.2 Å². The molecule has 0 spiro atoms. The van der Waals surface area contributed by atoms with Gasteiger partial charge in [0.25, 0.3) is 0 Å². The van der Waals surface area contributed by atoms with E-state index in [0.717, 1.165) is 83.1 Å². The standard InChI is InChI=1S/C29H33N9O/c1-36-8-10-38(11-9-36)26-4-5-31-28-23(26)16-25(33-28)27-24-15-21(18-32-29(24)35-34-27)20-14-22(19-30-17-20)39-13-12-37-6-2-3-7-37/h4-5,14-19H,2-3,6-13H2,1H3,(H,31,33)(H,32,34,35). The van der Waals surface area contributed by atoms with Gasteiger partial charge < -0.3 is 19.5 Å². The normalized spacial score (nSPS) is 17.0. The van der Waals surface area contributed by atoms with Crippen LogP contribution in [-0.4, -0.2) is 99.4 Å². The Hall–Kier alpha value is -4.02. The van der Waals surface area contributed by atoms with E-state index in [2.05, 4.69) is 70.1 Å². The summed E-state index contributed by atoms with van der Waals surface area (Å²) in [5.74, 6) is 0.775. The van der Waals surface area contributed by atoms with E-state index >= 15 is 0 Å². The van der Waals surface area contributed by atoms with Gasteiger partial charge in [-0.2, -0.15) is 5.10 Å². The number of nitrogens with one attached hydrogen (secondary N) is 2. The number of aromatic amines is 2. The van der Waals surface area contributed by atoms with Gasteiger partial charge in [0, 0.05) is 78.9 Å². The average Bonchev–Trinajstić information content (AvgIpc) is 3.73. The van der Waals surface area contributed by atoms with Crippen molar-refractivity contribution < 1.29 is 4.74 Å². The highest BCUT2D eigenvalue weighted by molar-refractivity contribution is 5.98. The third kappa shape index (κ3) is 4.81. The van der Waals surface area contributed by atoms with E-state index in [0.29, 0.717) is 6.61 Å². The lowest BCUT2D eigenvalue weighted by Crippen LogP contribution is -2.44. The van der Waals surface area contributed by atoms with E-state index in [-0.39, 0.29) is 0 Å². The fourth-order valence-corrected chi connectivity index (χ4v) is 5.68. The average molecular weight is 524 g/mol. The van der Waals surface area contributed by atoms with Gasteiger partial charge in [0.2, 0.25) is 0 Å². The number of aromatic nitrogens is 6. The molecule has 7 heterocycles. The number of hydrogen-bond acceptors (Lipinski definition) is 8. The quantitative estimate of drug-likeness (QED) is 0.332. The van der Waals surface area contributed by atoms with Crippen molar-refractivity contribution in [3.05, 3.63) is 49.1 Å². The molecule has 0 radical (unpaired) electrons. The first-order valence-corrected chi connectivity index (χ1v) is 13.8. The SMILES string of the molecule is CN1CCN(c2ccnc3[nH]c(-c4n[nH]c5ncc(-c6cncc(OCCN7CCCC7)c6)cc45)cc23)CC1. The number of nitrogens with zero attached hydrogens (tertiary/aromatic N) is 7. The third-order valence-electron chi connectivity index (χ3n) is 7.95. The smallest absolute Gasteiger partial charge is 0.155 e. The topological polar surface area (TPSA) is 102 Å². The minimum absolute atomic E-state index is 0.666. The van der Waals surface area contributed by atoms with Gasteiger partial charge in [-0.15, -0.1) is 0 Å². The van der Waals surface area contributed by atoms with Crippen LogP contribution in [0.15, 0.2) is 49.1 Å². The zero-order chi connectivity index (χ0) is 26.2. The Bertz CT molecular complexity index is 1600. The molecule has 0 saturated carbocycles. The van der Waals surface area contributed by atoms with Gasteiger partial charge in [0.15, 0.2) is 5.65 Å². The monoisotopic (exact) mass is 523 g/mol. The van der Waals surface area contributed by atoms with Crippen molar-refractivity contribution in [3.8, 4) is 28.3 Å². The van der Waals surface area contributed by atoms with Crippen molar-refractivity contribution in [2.45, 2.75) is 12.8 Å². The van der Waals surface area contributed by atoms with Crippen LogP contribution in [0.25, 0.3) is 44.6 Å². The van der Waals surface area contributed by atoms with E-state index in [1.54, 1.807) is 6.20 Å². The van der Waals surface area contributed by atoms with Crippen LogP contribution in [0.1, 0.15) is 12.8 Å². The molecule has 2 N–H and O–H groups in total. The van der Waals surface area contributed by atoms with Gasteiger partial charge in [0.05, 0.1) is 11.9 Å². The molecular formula is C29H33N9O. The Morgan fingerprint density at radius 1 is 0.872 bits per heavy atom. The van der Waals surface area contributed by atoms with Crippen LogP contribution in [0.5, 0.6) is 5.75 Å². The van der Waals surface area contributed by atoms with E-state index in [1.165, 1.54) is 31.6 Å². The molecule has 0 aromatic carbocycles. The molecule has 200 valence electrons. The molecule has 0 atom stereocenters. The van der Waals surface area contributed by atoms with Crippen LogP contribution in [0.3, 0.4) is 0 Å². The van der Waals surface area contributed by atoms with E-state index in [1.807, 2.05) is 24.7 Å². The summed E-state index contributed by atoms with van der Waals surface area (Å²) in [7, 11) is 2.17. The second-order valence-electron chi connectivity index (χ2n) is 10.6. The second kappa shape index (κ2) is 10.3. The number of H-pyrrole nitrogens is 2. The Kier molecular flexibility index (Phi) is 6.34. The van der Waals surface area contributed by atoms with Crippen LogP contribution in [-0.2, 0) is 0 Å². The summed E-state index contributed by atoms with van der Waals surface area (Å²) in [4.78, 5) is 24.5. The van der Waals surface area contributed by atoms with Crippen LogP contribution in [0.2, 0.25) is 0 Å². The van der Waals surface area contributed by atoms with Crippen molar-refractivity contribution in [2.75, 3.05) is 64.4 Å². The molecule has 5 aromatic heterocycles. The molecule has 2 aliphatic heterocycles. The Balaban J connectivity index is 1.17. The highest BCUT2D eigenvalue weighted by Gasteiger charge is 2.20. The summed E-state index contributed by atoms with van der Waals surface area (Å²) < 4.78 is 6.03. The molecule has 0 aliphatic carbocycles. The minimum atomic E-state index is 0.666. The molecule has 0 amide bonds. The lowest BCUT2D eigenvalue weighted by Gasteiger charge is -2.34. The summed E-state index contributed by atoms with van der Waals surface area (Å²) in [5.41, 5.74) is 6.49. The van der Waals surface area contributed by atoms with Gasteiger partial charge >= 0.3 is 0 Å². The fraction of sp³-hybridized carbons (Fsp3) is 0.379. The van der Waals surface area contributed by atoms with E-state index < -0.39 is 0 Å². The molecule has 0 unspecified atom stereocenters. The third-order valence-corrected chi connectivity index (χ3v) is 7.95. The molecule has 0 bridgehead atoms. The van der Waals surface area contributed by atoms with Gasteiger partial charge in [0.1, 0.15) is 23.7 Å². The van der Waals surface area contributed by atoms with Gasteiger partial charge in [-0.1, -0.05) is 0 Å². The summed E-state index contributed by atoms with van der Waals surface area (Å²) >= 11 is 0. The summed E-state index contributed by atoms with van der Waals surface area (Å²) in [6.45, 7) is 8.07. The lowest BCUT2D eigenvalue weighted by molar-refractivity contribution is 0.237. The van der Waals surface area contributed by atoms with Crippen molar-refractivity contribution in [2.24, 2.45) is 0 Å². The molecule has 5 aromatic rings. The zero-order valence-electron chi connectivity index (χ0n) is 22.2. The number of likely N-dealkylation sites (tertiary alicyclic amines) is 1. The number of fused-ring (bicyclic) bond motifs is 2. The summed E-state index contributed by atoms with van der Waals surface area (Å²) in [6, 6.07) is 8.43. The predicted octanol–water partition coefficient (Wildman–Crippen LogP) is 3.79. The van der Waals surface area contributed by atoms with Crippen molar-refractivity contribution >= 4 is 27.8 Å². The first kappa shape index (κ1) is 24.1. The molecule has 10 heteroatoms. The van der Waals surface area contributed by atoms with Crippen LogP contribution in [0, 0.1) is 0 Å². The minimum Gasteiger partial charge on any atom is -0.491 e. The van der Waals surface area contributed by atoms with Crippen LogP contribution >= 0.6 is 0 Å². The van der Waals surface area contributed by atoms with Crippen molar-refractivity contribution in [1.82, 2.24) is 39.9 Å². The number of rotatable bonds is 7. The Morgan fingerprint density at radius 2 is 1.72 bits per heavy atom. The van der Waals surface area contributed by atoms with E-state index in [9.17, 15) is 0 Å². The molecule has 10 nitrogen and oxygen atoms in total. The van der Waals surface area contributed by atoms with Crippen molar-refractivity contribution in [1.29, 1.82) is 0 Å². The first-order chi connectivity index (χ1) is 19.2. The summed E-state index contributed by atoms with van der Waals surface area (Å²) in [5, 5.41) is 9.78. The highest BCUT2D eigenvalue weighted by Crippen LogP contribution is 2.34. The maximum absolute atomic E-state index is 6.03. The van der Waals surface area contributed by atoms with Gasteiger partial charge in [-0.3, -0.25) is 15.0 Å². The first-order valence-electron chi connectivity index (χ1n) is 13.8. The number of anilines is 1. The Labute approximate surface area is 227 Å². The zero-order valence-corrected chi connectivity index (χ0v) is 22.2. The molecule has 2 fully saturated rings. The Morgan fingerprint density at radius 3 is 2.59 bits per heavy atom. The molecule has 2 saturated heterocycles. The number of pyridine rings is 3. The van der Waals surface area contributed by atoms with Gasteiger partial charge in [-0.25, -0.2) is 9.97 Å². The van der Waals surface area contributed by atoms with E-state index in [4.69, 9.17) is 4.74 Å². The molecule has 2 aliphatic rings.